The Morgan fingerprint density at radius 3 is 2.56 bits per heavy atom. The number of unbranched alkanes of at least 4 members (excludes halogenated alkanes) is 2. The van der Waals surface area contributed by atoms with Crippen LogP contribution in [0.2, 0.25) is 0 Å². The molecular weight excluding hydrogens is 222 g/mol. The van der Waals surface area contributed by atoms with Gasteiger partial charge >= 0.3 is 0 Å². The van der Waals surface area contributed by atoms with E-state index < -0.39 is 0 Å². The fourth-order valence-electron chi connectivity index (χ4n) is 1.83. The fourth-order valence-corrected chi connectivity index (χ4v) is 1.83. The van der Waals surface area contributed by atoms with Gasteiger partial charge in [0.05, 0.1) is 6.07 Å². The Bertz CT molecular complexity index is 343. The summed E-state index contributed by atoms with van der Waals surface area (Å²) < 4.78 is 0. The minimum atomic E-state index is 0.679. The van der Waals surface area contributed by atoms with Crippen molar-refractivity contribution >= 4 is 5.69 Å². The number of hydrogen-bond donors (Lipinski definition) is 1. The lowest BCUT2D eigenvalue weighted by Gasteiger charge is -2.19. The highest BCUT2D eigenvalue weighted by Gasteiger charge is 1.98. The maximum Gasteiger partial charge on any atom is 0.0621 e. The molecule has 1 N–H and O–H groups in total. The maximum absolute atomic E-state index is 8.40. The van der Waals surface area contributed by atoms with E-state index in [0.717, 1.165) is 38.9 Å². The van der Waals surface area contributed by atoms with Gasteiger partial charge in [0.2, 0.25) is 0 Å². The number of benzene rings is 1. The van der Waals surface area contributed by atoms with Gasteiger partial charge in [0, 0.05) is 25.7 Å². The summed E-state index contributed by atoms with van der Waals surface area (Å²) in [5.74, 6) is 0. The highest BCUT2D eigenvalue weighted by atomic mass is 15.1. The number of rotatable bonds is 9. The third kappa shape index (κ3) is 6.27. The molecule has 1 rings (SSSR count). The second-order valence-electron chi connectivity index (χ2n) is 4.48. The van der Waals surface area contributed by atoms with E-state index in [9.17, 15) is 0 Å². The summed E-state index contributed by atoms with van der Waals surface area (Å²) in [5, 5.41) is 11.8. The van der Waals surface area contributed by atoms with Crippen LogP contribution in [0.3, 0.4) is 0 Å². The van der Waals surface area contributed by atoms with Crippen LogP contribution < -0.4 is 10.2 Å². The van der Waals surface area contributed by atoms with Gasteiger partial charge in [0.1, 0.15) is 0 Å². The molecule has 0 saturated carbocycles. The Morgan fingerprint density at radius 2 is 1.83 bits per heavy atom. The van der Waals surface area contributed by atoms with Crippen molar-refractivity contribution in [3.05, 3.63) is 30.3 Å². The molecule has 0 amide bonds. The third-order valence-electron chi connectivity index (χ3n) is 2.94. The fraction of sp³-hybridized carbons (Fsp3) is 0.533. The molecule has 0 atom stereocenters. The van der Waals surface area contributed by atoms with Crippen LogP contribution in [0.5, 0.6) is 0 Å². The third-order valence-corrected chi connectivity index (χ3v) is 2.94. The zero-order chi connectivity index (χ0) is 13.1. The summed E-state index contributed by atoms with van der Waals surface area (Å²) >= 11 is 0. The van der Waals surface area contributed by atoms with Gasteiger partial charge in [-0.25, -0.2) is 0 Å². The number of hydrogen-bond acceptors (Lipinski definition) is 3. The van der Waals surface area contributed by atoms with E-state index in [0.29, 0.717) is 6.42 Å². The lowest BCUT2D eigenvalue weighted by Crippen LogP contribution is -2.24. The molecule has 0 spiro atoms. The summed E-state index contributed by atoms with van der Waals surface area (Å²) in [6.45, 7) is 3.13. The lowest BCUT2D eigenvalue weighted by molar-refractivity contribution is 0.607. The molecule has 0 unspecified atom stereocenters. The van der Waals surface area contributed by atoms with Crippen LogP contribution in [-0.4, -0.2) is 26.7 Å². The van der Waals surface area contributed by atoms with Gasteiger partial charge < -0.3 is 10.2 Å². The van der Waals surface area contributed by atoms with E-state index in [2.05, 4.69) is 47.6 Å². The second kappa shape index (κ2) is 9.49. The molecule has 0 radical (unpaired) electrons. The van der Waals surface area contributed by atoms with Crippen molar-refractivity contribution in [2.45, 2.75) is 25.7 Å². The van der Waals surface area contributed by atoms with Crippen molar-refractivity contribution in [2.75, 3.05) is 31.6 Å². The molecule has 0 aliphatic rings. The SMILES string of the molecule is CN(CCCNCCCCC#N)c1ccccc1. The number of anilines is 1. The number of nitrogens with zero attached hydrogens (tertiary/aromatic N) is 2. The van der Waals surface area contributed by atoms with Crippen LogP contribution in [0, 0.1) is 11.3 Å². The van der Waals surface area contributed by atoms with Crippen LogP contribution in [-0.2, 0) is 0 Å². The van der Waals surface area contributed by atoms with E-state index in [1.165, 1.54) is 5.69 Å². The molecule has 1 aromatic rings. The van der Waals surface area contributed by atoms with Gasteiger partial charge in [-0.2, -0.15) is 5.26 Å². The van der Waals surface area contributed by atoms with Crippen LogP contribution in [0.15, 0.2) is 30.3 Å². The first-order chi connectivity index (χ1) is 8.84. The van der Waals surface area contributed by atoms with Gasteiger partial charge in [-0.05, 0) is 44.5 Å². The molecule has 0 fully saturated rings. The van der Waals surface area contributed by atoms with Gasteiger partial charge in [0.25, 0.3) is 0 Å². The minimum Gasteiger partial charge on any atom is -0.375 e. The number of nitriles is 1. The predicted molar refractivity (Wildman–Crippen MR) is 76.7 cm³/mol. The molecule has 0 heterocycles. The summed E-state index contributed by atoms with van der Waals surface area (Å²) in [6, 6.07) is 12.6. The highest BCUT2D eigenvalue weighted by molar-refractivity contribution is 5.44. The van der Waals surface area contributed by atoms with Crippen LogP contribution >= 0.6 is 0 Å². The molecule has 3 nitrogen and oxygen atoms in total. The van der Waals surface area contributed by atoms with Crippen molar-refractivity contribution < 1.29 is 0 Å². The highest BCUT2D eigenvalue weighted by Crippen LogP contribution is 2.10. The smallest absolute Gasteiger partial charge is 0.0621 e. The second-order valence-corrected chi connectivity index (χ2v) is 4.48. The topological polar surface area (TPSA) is 39.1 Å². The zero-order valence-electron chi connectivity index (χ0n) is 11.2. The van der Waals surface area contributed by atoms with Crippen molar-refractivity contribution in [3.8, 4) is 6.07 Å². The Morgan fingerprint density at radius 1 is 1.11 bits per heavy atom. The van der Waals surface area contributed by atoms with E-state index in [1.807, 2.05) is 6.07 Å². The normalized spacial score (nSPS) is 10.0. The van der Waals surface area contributed by atoms with E-state index in [4.69, 9.17) is 5.26 Å². The van der Waals surface area contributed by atoms with Crippen molar-refractivity contribution in [1.29, 1.82) is 5.26 Å². The molecular formula is C15H23N3. The van der Waals surface area contributed by atoms with Crippen LogP contribution in [0.1, 0.15) is 25.7 Å². The summed E-state index contributed by atoms with van der Waals surface area (Å²) in [7, 11) is 2.13. The maximum atomic E-state index is 8.40. The van der Waals surface area contributed by atoms with Crippen LogP contribution in [0.25, 0.3) is 0 Å². The number of para-hydroxylation sites is 1. The number of nitrogens with one attached hydrogen (secondary N) is 1. The Balaban J connectivity index is 2.00. The first-order valence-electron chi connectivity index (χ1n) is 6.68. The zero-order valence-corrected chi connectivity index (χ0v) is 11.2. The van der Waals surface area contributed by atoms with Crippen molar-refractivity contribution in [3.63, 3.8) is 0 Å². The molecule has 1 aromatic carbocycles. The summed E-state index contributed by atoms with van der Waals surface area (Å²) in [5.41, 5.74) is 1.27. The Hall–Kier alpha value is -1.53. The van der Waals surface area contributed by atoms with Crippen molar-refractivity contribution in [1.82, 2.24) is 5.32 Å². The minimum absolute atomic E-state index is 0.679. The van der Waals surface area contributed by atoms with E-state index in [-0.39, 0.29) is 0 Å². The molecule has 3 heteroatoms. The van der Waals surface area contributed by atoms with Gasteiger partial charge in [-0.15, -0.1) is 0 Å². The summed E-state index contributed by atoms with van der Waals surface area (Å²) in [4.78, 5) is 2.28. The summed E-state index contributed by atoms with van der Waals surface area (Å²) in [6.07, 6.45) is 3.93. The average Bonchev–Trinajstić information content (AvgIpc) is 2.42. The Labute approximate surface area is 110 Å². The average molecular weight is 245 g/mol. The molecule has 0 saturated heterocycles. The first-order valence-corrected chi connectivity index (χ1v) is 6.68. The molecule has 18 heavy (non-hydrogen) atoms. The van der Waals surface area contributed by atoms with E-state index in [1.54, 1.807) is 0 Å². The predicted octanol–water partition coefficient (Wildman–Crippen LogP) is 2.80. The molecule has 0 aromatic heterocycles. The van der Waals surface area contributed by atoms with Gasteiger partial charge in [-0.3, -0.25) is 0 Å². The molecule has 98 valence electrons. The van der Waals surface area contributed by atoms with Gasteiger partial charge in [-0.1, -0.05) is 18.2 Å². The quantitative estimate of drug-likeness (QED) is 0.680. The molecule has 0 bridgehead atoms. The largest absolute Gasteiger partial charge is 0.375 e. The lowest BCUT2D eigenvalue weighted by atomic mass is 10.2. The van der Waals surface area contributed by atoms with E-state index >= 15 is 0 Å². The standard InChI is InChI=1S/C15H23N3/c1-18(15-9-4-2-5-10-15)14-8-13-17-12-7-3-6-11-16/h2,4-5,9-10,17H,3,6-8,12-14H2,1H3. The van der Waals surface area contributed by atoms with Crippen molar-refractivity contribution in [2.24, 2.45) is 0 Å². The molecule has 0 aliphatic heterocycles. The van der Waals surface area contributed by atoms with Crippen LogP contribution in [0.4, 0.5) is 5.69 Å². The first kappa shape index (κ1) is 14.5. The van der Waals surface area contributed by atoms with Gasteiger partial charge in [0.15, 0.2) is 0 Å². The monoisotopic (exact) mass is 245 g/mol. The molecule has 0 aliphatic carbocycles. The Kier molecular flexibility index (Phi) is 7.66.